The molecule has 1 saturated carbocycles. The van der Waals surface area contributed by atoms with E-state index in [2.05, 4.69) is 35.8 Å². The van der Waals surface area contributed by atoms with Gasteiger partial charge in [0.25, 0.3) is 0 Å². The molecule has 1 aliphatic heterocycles. The molecule has 5 heteroatoms. The van der Waals surface area contributed by atoms with E-state index in [1.165, 1.54) is 0 Å². The molecule has 2 rings (SSSR count). The van der Waals surface area contributed by atoms with Crippen molar-refractivity contribution in [1.29, 1.82) is 0 Å². The van der Waals surface area contributed by atoms with Gasteiger partial charge >= 0.3 is 0 Å². The fourth-order valence-electron chi connectivity index (χ4n) is 3.56. The van der Waals surface area contributed by atoms with Crippen LogP contribution in [-0.2, 0) is 4.79 Å². The van der Waals surface area contributed by atoms with E-state index in [1.807, 2.05) is 0 Å². The summed E-state index contributed by atoms with van der Waals surface area (Å²) in [4.78, 5) is 19.6. The van der Waals surface area contributed by atoms with Crippen LogP contribution < -0.4 is 5.73 Å². The standard InChI is InChI=1S/C16H32N4O/c1-18(2)10-11-20(15-6-8-19(3)9-7-15)16(21)13-4-5-14(17)12-13/h13-15H,4-12,17H2,1-3H3. The number of likely N-dealkylation sites (N-methyl/N-ethyl adjacent to an activating group) is 1. The molecule has 1 heterocycles. The third-order valence-corrected chi connectivity index (χ3v) is 5.02. The van der Waals surface area contributed by atoms with Crippen LogP contribution in [0, 0.1) is 5.92 Å². The van der Waals surface area contributed by atoms with Crippen LogP contribution in [0.3, 0.4) is 0 Å². The van der Waals surface area contributed by atoms with Gasteiger partial charge in [0, 0.05) is 31.1 Å². The molecule has 0 bridgehead atoms. The highest BCUT2D eigenvalue weighted by atomic mass is 16.2. The van der Waals surface area contributed by atoms with E-state index in [0.717, 1.165) is 58.3 Å². The van der Waals surface area contributed by atoms with Crippen molar-refractivity contribution in [2.45, 2.75) is 44.2 Å². The Kier molecular flexibility index (Phi) is 6.02. The number of carbonyl (C=O) groups excluding carboxylic acids is 1. The van der Waals surface area contributed by atoms with Crippen molar-refractivity contribution in [1.82, 2.24) is 14.7 Å². The van der Waals surface area contributed by atoms with Gasteiger partial charge in [-0.25, -0.2) is 0 Å². The summed E-state index contributed by atoms with van der Waals surface area (Å²) in [5.41, 5.74) is 6.00. The monoisotopic (exact) mass is 296 g/mol. The molecule has 21 heavy (non-hydrogen) atoms. The summed E-state index contributed by atoms with van der Waals surface area (Å²) in [5.74, 6) is 0.529. The second kappa shape index (κ2) is 7.56. The number of carbonyl (C=O) groups is 1. The lowest BCUT2D eigenvalue weighted by Gasteiger charge is -2.39. The van der Waals surface area contributed by atoms with Gasteiger partial charge in [-0.3, -0.25) is 4.79 Å². The van der Waals surface area contributed by atoms with E-state index in [-0.39, 0.29) is 12.0 Å². The lowest BCUT2D eigenvalue weighted by atomic mass is 9.99. The molecule has 1 aliphatic carbocycles. The SMILES string of the molecule is CN(C)CCN(C(=O)C1CCC(N)C1)C1CCN(C)CC1. The molecule has 5 nitrogen and oxygen atoms in total. The number of hydrogen-bond acceptors (Lipinski definition) is 4. The number of piperidine rings is 1. The van der Waals surface area contributed by atoms with Crippen molar-refractivity contribution in [2.75, 3.05) is 47.3 Å². The summed E-state index contributed by atoms with van der Waals surface area (Å²) in [6.07, 6.45) is 5.07. The summed E-state index contributed by atoms with van der Waals surface area (Å²) in [6, 6.07) is 0.651. The van der Waals surface area contributed by atoms with E-state index < -0.39 is 0 Å². The average Bonchev–Trinajstić information content (AvgIpc) is 2.87. The first-order chi connectivity index (χ1) is 9.97. The maximum atomic E-state index is 12.9. The Balaban J connectivity index is 1.98. The second-order valence-electron chi connectivity index (χ2n) is 7.14. The normalized spacial score (nSPS) is 28.2. The van der Waals surface area contributed by atoms with Crippen molar-refractivity contribution in [3.8, 4) is 0 Å². The van der Waals surface area contributed by atoms with Crippen LogP contribution in [0.4, 0.5) is 0 Å². The highest BCUT2D eigenvalue weighted by molar-refractivity contribution is 5.79. The van der Waals surface area contributed by atoms with Crippen molar-refractivity contribution in [2.24, 2.45) is 11.7 Å². The Morgan fingerprint density at radius 2 is 1.81 bits per heavy atom. The van der Waals surface area contributed by atoms with E-state index in [9.17, 15) is 4.79 Å². The minimum absolute atomic E-state index is 0.168. The largest absolute Gasteiger partial charge is 0.338 e. The quantitative estimate of drug-likeness (QED) is 0.807. The molecule has 2 aliphatic rings. The fourth-order valence-corrected chi connectivity index (χ4v) is 3.56. The third kappa shape index (κ3) is 4.66. The van der Waals surface area contributed by atoms with Gasteiger partial charge in [0.2, 0.25) is 5.91 Å². The molecule has 0 radical (unpaired) electrons. The van der Waals surface area contributed by atoms with Gasteiger partial charge in [-0.05, 0) is 66.3 Å². The molecule has 2 N–H and O–H groups in total. The molecular formula is C16H32N4O. The van der Waals surface area contributed by atoms with Crippen LogP contribution in [0.15, 0.2) is 0 Å². The van der Waals surface area contributed by atoms with Crippen molar-refractivity contribution in [3.63, 3.8) is 0 Å². The first-order valence-electron chi connectivity index (χ1n) is 8.36. The van der Waals surface area contributed by atoms with E-state index in [1.54, 1.807) is 0 Å². The summed E-state index contributed by atoms with van der Waals surface area (Å²) in [5, 5.41) is 0. The molecule has 2 unspecified atom stereocenters. The molecule has 122 valence electrons. The number of nitrogens with zero attached hydrogens (tertiary/aromatic N) is 3. The minimum Gasteiger partial charge on any atom is -0.338 e. The second-order valence-corrected chi connectivity index (χ2v) is 7.14. The lowest BCUT2D eigenvalue weighted by Crippen LogP contribution is -2.50. The maximum Gasteiger partial charge on any atom is 0.226 e. The van der Waals surface area contributed by atoms with Gasteiger partial charge in [0.1, 0.15) is 0 Å². The number of rotatable bonds is 5. The van der Waals surface area contributed by atoms with Gasteiger partial charge in [-0.1, -0.05) is 0 Å². The van der Waals surface area contributed by atoms with Gasteiger partial charge in [-0.2, -0.15) is 0 Å². The van der Waals surface area contributed by atoms with E-state index >= 15 is 0 Å². The Morgan fingerprint density at radius 3 is 2.33 bits per heavy atom. The molecule has 0 aromatic carbocycles. The number of likely N-dealkylation sites (tertiary alicyclic amines) is 1. The molecule has 2 atom stereocenters. The van der Waals surface area contributed by atoms with Crippen molar-refractivity contribution < 1.29 is 4.79 Å². The number of nitrogens with two attached hydrogens (primary N) is 1. The molecule has 0 aromatic rings. The average molecular weight is 296 g/mol. The highest BCUT2D eigenvalue weighted by Crippen LogP contribution is 2.28. The molecular weight excluding hydrogens is 264 g/mol. The van der Waals surface area contributed by atoms with Crippen molar-refractivity contribution >= 4 is 5.91 Å². The zero-order valence-electron chi connectivity index (χ0n) is 13.9. The predicted molar refractivity (Wildman–Crippen MR) is 86.1 cm³/mol. The Hall–Kier alpha value is -0.650. The smallest absolute Gasteiger partial charge is 0.226 e. The van der Waals surface area contributed by atoms with Crippen LogP contribution >= 0.6 is 0 Å². The molecule has 0 spiro atoms. The van der Waals surface area contributed by atoms with E-state index in [4.69, 9.17) is 5.73 Å². The van der Waals surface area contributed by atoms with Crippen LogP contribution in [0.25, 0.3) is 0 Å². The van der Waals surface area contributed by atoms with Gasteiger partial charge in [-0.15, -0.1) is 0 Å². The van der Waals surface area contributed by atoms with Gasteiger partial charge in [0.15, 0.2) is 0 Å². The number of amides is 1. The molecule has 1 amide bonds. The fraction of sp³-hybridized carbons (Fsp3) is 0.938. The van der Waals surface area contributed by atoms with E-state index in [0.29, 0.717) is 11.9 Å². The third-order valence-electron chi connectivity index (χ3n) is 5.02. The van der Waals surface area contributed by atoms with Gasteiger partial charge < -0.3 is 20.4 Å². The van der Waals surface area contributed by atoms with Crippen LogP contribution in [-0.4, -0.2) is 80.0 Å². The summed E-state index contributed by atoms with van der Waals surface area (Å²) >= 11 is 0. The highest BCUT2D eigenvalue weighted by Gasteiger charge is 2.34. The topological polar surface area (TPSA) is 52.8 Å². The Morgan fingerprint density at radius 1 is 1.14 bits per heavy atom. The maximum absolute atomic E-state index is 12.9. The Labute approximate surface area is 129 Å². The minimum atomic E-state index is 0.168. The zero-order chi connectivity index (χ0) is 15.4. The van der Waals surface area contributed by atoms with Crippen LogP contribution in [0.2, 0.25) is 0 Å². The van der Waals surface area contributed by atoms with Gasteiger partial charge in [0.05, 0.1) is 0 Å². The van der Waals surface area contributed by atoms with Crippen LogP contribution in [0.1, 0.15) is 32.1 Å². The summed E-state index contributed by atoms with van der Waals surface area (Å²) in [6.45, 7) is 3.99. The molecule has 2 fully saturated rings. The first-order valence-corrected chi connectivity index (χ1v) is 8.36. The summed E-state index contributed by atoms with van der Waals surface area (Å²) in [7, 11) is 6.31. The van der Waals surface area contributed by atoms with Crippen molar-refractivity contribution in [3.05, 3.63) is 0 Å². The lowest BCUT2D eigenvalue weighted by molar-refractivity contribution is -0.139. The zero-order valence-corrected chi connectivity index (χ0v) is 13.9. The Bertz CT molecular complexity index is 339. The predicted octanol–water partition coefficient (Wildman–Crippen LogP) is 0.598. The van der Waals surface area contributed by atoms with Crippen LogP contribution in [0.5, 0.6) is 0 Å². The summed E-state index contributed by atoms with van der Waals surface area (Å²) < 4.78 is 0. The molecule has 0 aromatic heterocycles. The first kappa shape index (κ1) is 16.7. The molecule has 1 saturated heterocycles. The number of hydrogen-bond donors (Lipinski definition) is 1.